The smallest absolute Gasteiger partial charge is 0.320 e. The first-order chi connectivity index (χ1) is 7.13. The monoisotopic (exact) mass is 204 g/mol. The lowest BCUT2D eigenvalue weighted by Crippen LogP contribution is -2.33. The van der Waals surface area contributed by atoms with Gasteiger partial charge in [0.1, 0.15) is 6.04 Å². The van der Waals surface area contributed by atoms with Crippen molar-refractivity contribution in [2.24, 2.45) is 0 Å². The molecule has 0 aliphatic heterocycles. The molecule has 4 nitrogen and oxygen atoms in total. The van der Waals surface area contributed by atoms with Crippen LogP contribution in [-0.2, 0) is 11.3 Å². The summed E-state index contributed by atoms with van der Waals surface area (Å²) in [6, 6.07) is 8.49. The van der Waals surface area contributed by atoms with Crippen LogP contribution in [-0.4, -0.2) is 17.1 Å². The Hall–Kier alpha value is -1.86. The second kappa shape index (κ2) is 5.13. The van der Waals surface area contributed by atoms with Crippen LogP contribution in [0.5, 0.6) is 0 Å². The summed E-state index contributed by atoms with van der Waals surface area (Å²) in [6.07, 6.45) is 0. The minimum Gasteiger partial charge on any atom is -0.480 e. The Morgan fingerprint density at radius 3 is 2.60 bits per heavy atom. The third-order valence-corrected chi connectivity index (χ3v) is 2.07. The molecule has 1 aromatic rings. The van der Waals surface area contributed by atoms with Gasteiger partial charge in [-0.3, -0.25) is 4.79 Å². The minimum absolute atomic E-state index is 0.485. The van der Waals surface area contributed by atoms with Crippen molar-refractivity contribution in [2.75, 3.05) is 0 Å². The zero-order chi connectivity index (χ0) is 11.3. The van der Waals surface area contributed by atoms with E-state index in [4.69, 9.17) is 10.4 Å². The van der Waals surface area contributed by atoms with Crippen LogP contribution >= 0.6 is 0 Å². The van der Waals surface area contributed by atoms with Gasteiger partial charge in [-0.05, 0) is 24.6 Å². The summed E-state index contributed by atoms with van der Waals surface area (Å²) in [6.45, 7) is 2.07. The number of nitriles is 1. The molecule has 0 radical (unpaired) electrons. The second-order valence-electron chi connectivity index (χ2n) is 3.25. The lowest BCUT2D eigenvalue weighted by molar-refractivity contribution is -0.139. The van der Waals surface area contributed by atoms with Gasteiger partial charge in [0.25, 0.3) is 0 Å². The molecule has 0 aromatic heterocycles. The number of rotatable bonds is 4. The highest BCUT2D eigenvalue weighted by Gasteiger charge is 2.08. The molecule has 0 fully saturated rings. The molecule has 0 amide bonds. The number of aliphatic carboxylic acids is 1. The fourth-order valence-electron chi connectivity index (χ4n) is 1.06. The Kier molecular flexibility index (Phi) is 3.83. The predicted molar refractivity (Wildman–Crippen MR) is 55.1 cm³/mol. The van der Waals surface area contributed by atoms with Gasteiger partial charge in [0.2, 0.25) is 0 Å². The Bertz CT molecular complexity index is 379. The Labute approximate surface area is 88.2 Å². The first-order valence-electron chi connectivity index (χ1n) is 4.58. The second-order valence-corrected chi connectivity index (χ2v) is 3.25. The molecule has 0 saturated heterocycles. The average molecular weight is 204 g/mol. The summed E-state index contributed by atoms with van der Waals surface area (Å²) in [5.41, 5.74) is 1.56. The number of carbonyl (C=O) groups is 1. The fraction of sp³-hybridized carbons (Fsp3) is 0.273. The van der Waals surface area contributed by atoms with Crippen LogP contribution in [0.3, 0.4) is 0 Å². The summed E-state index contributed by atoms with van der Waals surface area (Å²) in [7, 11) is 0. The number of carboxylic acids is 1. The van der Waals surface area contributed by atoms with Gasteiger partial charge in [0.05, 0.1) is 11.6 Å². The van der Waals surface area contributed by atoms with E-state index < -0.39 is 12.0 Å². The number of carboxylic acid groups (broad SMARTS) is 1. The topological polar surface area (TPSA) is 73.1 Å². The van der Waals surface area contributed by atoms with Gasteiger partial charge in [-0.25, -0.2) is 0 Å². The molecule has 15 heavy (non-hydrogen) atoms. The van der Waals surface area contributed by atoms with Crippen molar-refractivity contribution >= 4 is 5.97 Å². The molecule has 0 saturated carbocycles. The molecular formula is C11H12N2O2. The first kappa shape index (κ1) is 11.2. The van der Waals surface area contributed by atoms with Gasteiger partial charge in [0, 0.05) is 6.54 Å². The van der Waals surface area contributed by atoms with Crippen molar-refractivity contribution in [3.8, 4) is 6.07 Å². The maximum absolute atomic E-state index is 10.5. The predicted octanol–water partition coefficient (Wildman–Crippen LogP) is 1.12. The quantitative estimate of drug-likeness (QED) is 0.770. The van der Waals surface area contributed by atoms with E-state index in [0.29, 0.717) is 12.1 Å². The van der Waals surface area contributed by atoms with E-state index in [1.807, 2.05) is 6.07 Å². The molecule has 1 aromatic carbocycles. The summed E-state index contributed by atoms with van der Waals surface area (Å²) < 4.78 is 0. The van der Waals surface area contributed by atoms with Crippen LogP contribution in [0.1, 0.15) is 18.1 Å². The minimum atomic E-state index is -0.872. The average Bonchev–Trinajstić information content (AvgIpc) is 2.26. The van der Waals surface area contributed by atoms with Gasteiger partial charge in [-0.1, -0.05) is 12.1 Å². The van der Waals surface area contributed by atoms with Gasteiger partial charge < -0.3 is 10.4 Å². The van der Waals surface area contributed by atoms with Crippen molar-refractivity contribution in [3.05, 3.63) is 35.4 Å². The molecule has 0 aliphatic rings. The number of nitrogens with one attached hydrogen (secondary N) is 1. The summed E-state index contributed by atoms with van der Waals surface area (Å²) >= 11 is 0. The maximum atomic E-state index is 10.5. The van der Waals surface area contributed by atoms with Crippen molar-refractivity contribution in [2.45, 2.75) is 19.5 Å². The molecule has 0 aliphatic carbocycles. The lowest BCUT2D eigenvalue weighted by atomic mass is 10.1. The van der Waals surface area contributed by atoms with Gasteiger partial charge in [0.15, 0.2) is 0 Å². The van der Waals surface area contributed by atoms with E-state index in [2.05, 4.69) is 5.32 Å². The van der Waals surface area contributed by atoms with Crippen LogP contribution < -0.4 is 5.32 Å². The van der Waals surface area contributed by atoms with E-state index in [1.165, 1.54) is 0 Å². The van der Waals surface area contributed by atoms with Crippen LogP contribution in [0.15, 0.2) is 24.3 Å². The molecule has 0 heterocycles. The van der Waals surface area contributed by atoms with E-state index >= 15 is 0 Å². The van der Waals surface area contributed by atoms with Crippen molar-refractivity contribution in [1.29, 1.82) is 5.26 Å². The van der Waals surface area contributed by atoms with Gasteiger partial charge >= 0.3 is 5.97 Å². The molecule has 1 rings (SSSR count). The molecule has 1 atom stereocenters. The highest BCUT2D eigenvalue weighted by Crippen LogP contribution is 2.03. The third-order valence-electron chi connectivity index (χ3n) is 2.07. The molecule has 0 bridgehead atoms. The lowest BCUT2D eigenvalue weighted by Gasteiger charge is -2.08. The summed E-state index contributed by atoms with van der Waals surface area (Å²) in [5, 5.41) is 20.1. The van der Waals surface area contributed by atoms with Crippen molar-refractivity contribution in [3.63, 3.8) is 0 Å². The Morgan fingerprint density at radius 2 is 2.13 bits per heavy atom. The van der Waals surface area contributed by atoms with E-state index in [1.54, 1.807) is 31.2 Å². The van der Waals surface area contributed by atoms with Gasteiger partial charge in [-0.15, -0.1) is 0 Å². The van der Waals surface area contributed by atoms with Crippen molar-refractivity contribution in [1.82, 2.24) is 5.32 Å². The van der Waals surface area contributed by atoms with E-state index in [-0.39, 0.29) is 0 Å². The van der Waals surface area contributed by atoms with E-state index in [0.717, 1.165) is 5.56 Å². The Morgan fingerprint density at radius 1 is 1.53 bits per heavy atom. The number of hydrogen-bond donors (Lipinski definition) is 2. The van der Waals surface area contributed by atoms with Gasteiger partial charge in [-0.2, -0.15) is 5.26 Å². The highest BCUT2D eigenvalue weighted by molar-refractivity contribution is 5.72. The van der Waals surface area contributed by atoms with E-state index in [9.17, 15) is 4.79 Å². The van der Waals surface area contributed by atoms with Crippen LogP contribution in [0.2, 0.25) is 0 Å². The highest BCUT2D eigenvalue weighted by atomic mass is 16.4. The molecule has 0 unspecified atom stereocenters. The standard InChI is InChI=1S/C11H12N2O2/c1-8(11(14)15)13-7-10-4-2-9(6-12)3-5-10/h2-5,8,13H,7H2,1H3,(H,14,15)/t8-/m0/s1. The first-order valence-corrected chi connectivity index (χ1v) is 4.58. The van der Waals surface area contributed by atoms with Crippen molar-refractivity contribution < 1.29 is 9.90 Å². The Balaban J connectivity index is 2.52. The number of nitrogens with zero attached hydrogens (tertiary/aromatic N) is 1. The number of hydrogen-bond acceptors (Lipinski definition) is 3. The molecule has 4 heteroatoms. The maximum Gasteiger partial charge on any atom is 0.320 e. The normalized spacial score (nSPS) is 11.7. The van der Waals surface area contributed by atoms with Crippen LogP contribution in [0.4, 0.5) is 0 Å². The van der Waals surface area contributed by atoms with Crippen LogP contribution in [0.25, 0.3) is 0 Å². The summed E-state index contributed by atoms with van der Waals surface area (Å²) in [4.78, 5) is 10.5. The largest absolute Gasteiger partial charge is 0.480 e. The zero-order valence-electron chi connectivity index (χ0n) is 8.40. The summed E-state index contributed by atoms with van der Waals surface area (Å²) in [5.74, 6) is -0.872. The zero-order valence-corrected chi connectivity index (χ0v) is 8.40. The molecule has 78 valence electrons. The fourth-order valence-corrected chi connectivity index (χ4v) is 1.06. The molecular weight excluding hydrogens is 192 g/mol. The SMILES string of the molecule is C[C@H](NCc1ccc(C#N)cc1)C(=O)O. The molecule has 0 spiro atoms. The molecule has 2 N–H and O–H groups in total. The number of benzene rings is 1. The third kappa shape index (κ3) is 3.41. The van der Waals surface area contributed by atoms with Crippen LogP contribution in [0, 0.1) is 11.3 Å².